The molecule has 0 radical (unpaired) electrons. The van der Waals surface area contributed by atoms with Crippen LogP contribution in [-0.2, 0) is 0 Å². The van der Waals surface area contributed by atoms with Gasteiger partial charge in [0.15, 0.2) is 5.82 Å². The number of aromatic nitrogens is 4. The molecule has 1 aliphatic rings. The molecule has 3 rings (SSSR count). The van der Waals surface area contributed by atoms with Gasteiger partial charge in [0, 0.05) is 18.9 Å². The summed E-state index contributed by atoms with van der Waals surface area (Å²) in [6, 6.07) is 0.0452. The van der Waals surface area contributed by atoms with Crippen LogP contribution in [0.1, 0.15) is 47.4 Å². The second-order valence-corrected chi connectivity index (χ2v) is 5.15. The second-order valence-electron chi connectivity index (χ2n) is 5.15. The highest BCUT2D eigenvalue weighted by Gasteiger charge is 2.32. The largest absolute Gasteiger partial charge is 0.467 e. The summed E-state index contributed by atoms with van der Waals surface area (Å²) in [7, 11) is 1.48. The van der Waals surface area contributed by atoms with Crippen LogP contribution in [0.5, 0.6) is 6.01 Å². The van der Waals surface area contributed by atoms with E-state index in [1.807, 2.05) is 0 Å². The first kappa shape index (κ1) is 14.4. The Kier molecular flexibility index (Phi) is 3.99. The van der Waals surface area contributed by atoms with E-state index in [-0.39, 0.29) is 18.0 Å². The topological polar surface area (TPSA) is 94.2 Å². The van der Waals surface area contributed by atoms with Gasteiger partial charge in [-0.25, -0.2) is 9.97 Å². The van der Waals surface area contributed by atoms with E-state index in [2.05, 4.69) is 20.1 Å². The molecule has 0 unspecified atom stereocenters. The summed E-state index contributed by atoms with van der Waals surface area (Å²) in [5, 5.41) is 3.82. The lowest BCUT2D eigenvalue weighted by Gasteiger charge is -2.33. The summed E-state index contributed by atoms with van der Waals surface area (Å²) in [6.07, 6.45) is 5.73. The van der Waals surface area contributed by atoms with Crippen LogP contribution in [0.3, 0.4) is 0 Å². The van der Waals surface area contributed by atoms with Gasteiger partial charge in [-0.1, -0.05) is 5.16 Å². The van der Waals surface area contributed by atoms with Crippen LogP contribution >= 0.6 is 0 Å². The summed E-state index contributed by atoms with van der Waals surface area (Å²) in [5.74, 6) is 0.920. The Balaban J connectivity index is 1.84. The van der Waals surface area contributed by atoms with E-state index in [9.17, 15) is 4.79 Å². The number of methoxy groups -OCH3 is 1. The van der Waals surface area contributed by atoms with Gasteiger partial charge in [-0.2, -0.15) is 4.98 Å². The fraction of sp³-hybridized carbons (Fsp3) is 0.500. The quantitative estimate of drug-likeness (QED) is 0.848. The molecule has 3 heterocycles. The maximum absolute atomic E-state index is 12.7. The summed E-state index contributed by atoms with van der Waals surface area (Å²) < 4.78 is 10.2. The molecule has 0 spiro atoms. The monoisotopic (exact) mass is 303 g/mol. The summed E-state index contributed by atoms with van der Waals surface area (Å²) in [4.78, 5) is 26.7. The maximum Gasteiger partial charge on any atom is 0.316 e. The number of ether oxygens (including phenoxy) is 1. The number of carbonyl (C=O) groups is 1. The number of carbonyl (C=O) groups excluding carboxylic acids is 1. The zero-order valence-electron chi connectivity index (χ0n) is 12.5. The van der Waals surface area contributed by atoms with Crippen LogP contribution in [0.2, 0.25) is 0 Å². The Morgan fingerprint density at radius 2 is 2.14 bits per heavy atom. The number of aryl methyl sites for hydroxylation is 1. The molecule has 0 bridgehead atoms. The highest BCUT2D eigenvalue weighted by Crippen LogP contribution is 2.31. The Morgan fingerprint density at radius 3 is 2.77 bits per heavy atom. The van der Waals surface area contributed by atoms with Gasteiger partial charge < -0.3 is 14.2 Å². The molecular weight excluding hydrogens is 286 g/mol. The average molecular weight is 303 g/mol. The number of nitrogens with zero attached hydrogens (tertiary/aromatic N) is 5. The smallest absolute Gasteiger partial charge is 0.316 e. The fourth-order valence-electron chi connectivity index (χ4n) is 2.58. The molecule has 1 fully saturated rings. The molecule has 22 heavy (non-hydrogen) atoms. The zero-order valence-corrected chi connectivity index (χ0v) is 12.5. The van der Waals surface area contributed by atoms with Crippen LogP contribution in [0.15, 0.2) is 16.9 Å². The van der Waals surface area contributed by atoms with Crippen molar-refractivity contribution in [1.82, 2.24) is 25.0 Å². The van der Waals surface area contributed by atoms with E-state index >= 15 is 0 Å². The van der Waals surface area contributed by atoms with Gasteiger partial charge in [-0.3, -0.25) is 4.79 Å². The lowest BCUT2D eigenvalue weighted by molar-refractivity contribution is 0.0560. The highest BCUT2D eigenvalue weighted by atomic mass is 16.5. The lowest BCUT2D eigenvalue weighted by atomic mass is 10.0. The van der Waals surface area contributed by atoms with E-state index in [1.54, 1.807) is 11.8 Å². The third-order valence-corrected chi connectivity index (χ3v) is 3.65. The summed E-state index contributed by atoms with van der Waals surface area (Å²) in [5.41, 5.74) is 0.420. The van der Waals surface area contributed by atoms with Gasteiger partial charge in [-0.05, 0) is 26.2 Å². The number of likely N-dealkylation sites (tertiary alicyclic amines) is 1. The molecule has 0 N–H and O–H groups in total. The van der Waals surface area contributed by atoms with Gasteiger partial charge in [-0.15, -0.1) is 0 Å². The minimum Gasteiger partial charge on any atom is -0.467 e. The second kappa shape index (κ2) is 6.08. The van der Waals surface area contributed by atoms with Crippen LogP contribution in [0.25, 0.3) is 0 Å². The molecule has 1 atom stereocenters. The number of rotatable bonds is 3. The normalized spacial score (nSPS) is 18.3. The van der Waals surface area contributed by atoms with Crippen LogP contribution in [0, 0.1) is 6.92 Å². The van der Waals surface area contributed by atoms with Crippen molar-refractivity contribution in [2.24, 2.45) is 0 Å². The lowest BCUT2D eigenvalue weighted by Crippen LogP contribution is -2.38. The molecule has 2 aromatic rings. The predicted octanol–water partition coefficient (Wildman–Crippen LogP) is 1.54. The van der Waals surface area contributed by atoms with E-state index in [0.29, 0.717) is 23.8 Å². The number of hydrogen-bond donors (Lipinski definition) is 0. The Morgan fingerprint density at radius 1 is 1.36 bits per heavy atom. The van der Waals surface area contributed by atoms with Crippen LogP contribution in [0.4, 0.5) is 0 Å². The predicted molar refractivity (Wildman–Crippen MR) is 75.2 cm³/mol. The molecule has 1 aliphatic heterocycles. The van der Waals surface area contributed by atoms with E-state index < -0.39 is 0 Å². The molecule has 8 heteroatoms. The fourth-order valence-corrected chi connectivity index (χ4v) is 2.58. The molecule has 0 aliphatic carbocycles. The van der Waals surface area contributed by atoms with Crippen molar-refractivity contribution in [2.75, 3.05) is 13.7 Å². The summed E-state index contributed by atoms with van der Waals surface area (Å²) >= 11 is 0. The van der Waals surface area contributed by atoms with E-state index in [4.69, 9.17) is 9.26 Å². The van der Waals surface area contributed by atoms with Crippen LogP contribution < -0.4 is 4.74 Å². The van der Waals surface area contributed by atoms with Crippen molar-refractivity contribution >= 4 is 5.91 Å². The number of amides is 1. The molecular formula is C14H17N5O3. The van der Waals surface area contributed by atoms with Crippen LogP contribution in [-0.4, -0.2) is 44.6 Å². The number of piperidine rings is 1. The minimum absolute atomic E-state index is 0.136. The minimum atomic E-state index is -0.190. The Labute approximate surface area is 127 Å². The third kappa shape index (κ3) is 2.76. The van der Waals surface area contributed by atoms with Gasteiger partial charge in [0.1, 0.15) is 6.04 Å². The summed E-state index contributed by atoms with van der Waals surface area (Å²) in [6.45, 7) is 2.41. The molecule has 0 aromatic carbocycles. The first-order valence-electron chi connectivity index (χ1n) is 7.16. The molecule has 0 saturated carbocycles. The first-order chi connectivity index (χ1) is 10.7. The molecule has 2 aromatic heterocycles. The Hall–Kier alpha value is -2.51. The highest BCUT2D eigenvalue weighted by molar-refractivity contribution is 5.93. The van der Waals surface area contributed by atoms with Gasteiger partial charge in [0.25, 0.3) is 5.91 Å². The van der Waals surface area contributed by atoms with Gasteiger partial charge >= 0.3 is 6.01 Å². The van der Waals surface area contributed by atoms with Crippen molar-refractivity contribution in [2.45, 2.75) is 32.2 Å². The van der Waals surface area contributed by atoms with Crippen molar-refractivity contribution in [1.29, 1.82) is 0 Å². The molecule has 1 saturated heterocycles. The maximum atomic E-state index is 12.7. The first-order valence-corrected chi connectivity index (χ1v) is 7.16. The van der Waals surface area contributed by atoms with Gasteiger partial charge in [0.2, 0.25) is 5.89 Å². The zero-order chi connectivity index (χ0) is 15.5. The molecule has 116 valence electrons. The van der Waals surface area contributed by atoms with E-state index in [1.165, 1.54) is 19.5 Å². The SMILES string of the molecule is COc1ncc(C(=O)N2CCCC[C@H]2c2nc(C)no2)cn1. The molecule has 1 amide bonds. The standard InChI is InChI=1S/C14H17N5O3/c1-9-17-12(22-18-9)11-5-3-4-6-19(11)13(20)10-7-15-14(21-2)16-8-10/h7-8,11H,3-6H2,1-2H3/t11-/m0/s1. The third-order valence-electron chi connectivity index (χ3n) is 3.65. The molecule has 8 nitrogen and oxygen atoms in total. The van der Waals surface area contributed by atoms with Crippen molar-refractivity contribution in [3.63, 3.8) is 0 Å². The van der Waals surface area contributed by atoms with Crippen molar-refractivity contribution < 1.29 is 14.1 Å². The van der Waals surface area contributed by atoms with E-state index in [0.717, 1.165) is 19.3 Å². The number of hydrogen-bond acceptors (Lipinski definition) is 7. The van der Waals surface area contributed by atoms with Crippen molar-refractivity contribution in [3.8, 4) is 6.01 Å². The van der Waals surface area contributed by atoms with Crippen molar-refractivity contribution in [3.05, 3.63) is 29.7 Å². The Bertz CT molecular complexity index is 655. The van der Waals surface area contributed by atoms with Gasteiger partial charge in [0.05, 0.1) is 12.7 Å². The average Bonchev–Trinajstić information content (AvgIpc) is 3.00.